The van der Waals surface area contributed by atoms with Gasteiger partial charge in [0.05, 0.1) is 18.3 Å². The van der Waals surface area contributed by atoms with Gasteiger partial charge < -0.3 is 19.2 Å². The summed E-state index contributed by atoms with van der Waals surface area (Å²) in [5.41, 5.74) is 1.38. The lowest BCUT2D eigenvalue weighted by atomic mass is 10.1. The number of aryl methyl sites for hydroxylation is 1. The van der Waals surface area contributed by atoms with E-state index in [0.717, 1.165) is 5.76 Å². The van der Waals surface area contributed by atoms with Gasteiger partial charge in [-0.05, 0) is 67.4 Å². The summed E-state index contributed by atoms with van der Waals surface area (Å²) in [6.07, 6.45) is 2.20. The van der Waals surface area contributed by atoms with Crippen molar-refractivity contribution in [2.45, 2.75) is 24.8 Å². The second-order valence-electron chi connectivity index (χ2n) is 7.05. The molecule has 9 heteroatoms. The fraction of sp³-hybridized carbons (Fsp3) is 0.261. The van der Waals surface area contributed by atoms with E-state index in [9.17, 15) is 13.2 Å². The van der Waals surface area contributed by atoms with Crippen molar-refractivity contribution in [3.63, 3.8) is 0 Å². The van der Waals surface area contributed by atoms with Crippen LogP contribution in [0.1, 0.15) is 28.1 Å². The van der Waals surface area contributed by atoms with E-state index in [1.165, 1.54) is 19.2 Å². The van der Waals surface area contributed by atoms with Crippen LogP contribution >= 0.6 is 0 Å². The van der Waals surface area contributed by atoms with Crippen molar-refractivity contribution in [3.05, 3.63) is 77.7 Å². The van der Waals surface area contributed by atoms with Gasteiger partial charge in [0.2, 0.25) is 0 Å². The van der Waals surface area contributed by atoms with E-state index >= 15 is 0 Å². The van der Waals surface area contributed by atoms with Crippen LogP contribution in [0.15, 0.2) is 70.2 Å². The molecule has 0 saturated heterocycles. The molecule has 0 fully saturated rings. The number of carbonyl (C=O) groups is 1. The molecule has 0 unspecified atom stereocenters. The summed E-state index contributed by atoms with van der Waals surface area (Å²) in [4.78, 5) is 12.6. The highest BCUT2D eigenvalue weighted by atomic mass is 32.2. The fourth-order valence-corrected chi connectivity index (χ4v) is 4.01. The van der Waals surface area contributed by atoms with Crippen molar-refractivity contribution in [2.75, 3.05) is 25.0 Å². The first kappa shape index (κ1) is 23.4. The minimum Gasteiger partial charge on any atom is -0.497 e. The van der Waals surface area contributed by atoms with Gasteiger partial charge in [-0.15, -0.1) is 0 Å². The van der Waals surface area contributed by atoms with Crippen LogP contribution in [0.4, 0.5) is 5.69 Å². The predicted octanol–water partition coefficient (Wildman–Crippen LogP) is 3.73. The highest BCUT2D eigenvalue weighted by molar-refractivity contribution is 7.92. The number of benzene rings is 2. The SMILES string of the molecule is COc1ccc(NS(=O)(=O)c2ccc(C)c(C(=O)NCCCOCc3ccco3)c2)cc1. The van der Waals surface area contributed by atoms with Gasteiger partial charge in [0.1, 0.15) is 18.1 Å². The van der Waals surface area contributed by atoms with Crippen molar-refractivity contribution >= 4 is 21.6 Å². The summed E-state index contributed by atoms with van der Waals surface area (Å²) in [5, 5.41) is 2.80. The number of amides is 1. The molecule has 2 aromatic carbocycles. The topological polar surface area (TPSA) is 107 Å². The molecule has 0 spiro atoms. The smallest absolute Gasteiger partial charge is 0.261 e. The molecule has 1 amide bonds. The fourth-order valence-electron chi connectivity index (χ4n) is 2.92. The quantitative estimate of drug-likeness (QED) is 0.424. The van der Waals surface area contributed by atoms with E-state index in [4.69, 9.17) is 13.9 Å². The largest absolute Gasteiger partial charge is 0.497 e. The summed E-state index contributed by atoms with van der Waals surface area (Å²) >= 11 is 0. The van der Waals surface area contributed by atoms with Gasteiger partial charge in [-0.3, -0.25) is 9.52 Å². The van der Waals surface area contributed by atoms with Gasteiger partial charge in [0.15, 0.2) is 0 Å². The van der Waals surface area contributed by atoms with Crippen molar-refractivity contribution in [1.29, 1.82) is 0 Å². The Labute approximate surface area is 187 Å². The third-order valence-electron chi connectivity index (χ3n) is 4.68. The van der Waals surface area contributed by atoms with Crippen LogP contribution in [0.25, 0.3) is 0 Å². The lowest BCUT2D eigenvalue weighted by Crippen LogP contribution is -2.26. The summed E-state index contributed by atoms with van der Waals surface area (Å²) in [6, 6.07) is 14.6. The minimum absolute atomic E-state index is 0.00542. The van der Waals surface area contributed by atoms with E-state index in [2.05, 4.69) is 10.0 Å². The number of nitrogens with one attached hydrogen (secondary N) is 2. The molecule has 8 nitrogen and oxygen atoms in total. The van der Waals surface area contributed by atoms with Gasteiger partial charge >= 0.3 is 0 Å². The third kappa shape index (κ3) is 6.35. The van der Waals surface area contributed by atoms with Crippen molar-refractivity contribution in [3.8, 4) is 5.75 Å². The molecular weight excluding hydrogens is 432 g/mol. The van der Waals surface area contributed by atoms with E-state index in [-0.39, 0.29) is 10.8 Å². The molecule has 32 heavy (non-hydrogen) atoms. The molecule has 170 valence electrons. The van der Waals surface area contributed by atoms with E-state index in [1.54, 1.807) is 49.6 Å². The first-order chi connectivity index (χ1) is 15.4. The highest BCUT2D eigenvalue weighted by Gasteiger charge is 2.18. The summed E-state index contributed by atoms with van der Waals surface area (Å²) in [7, 11) is -2.33. The molecule has 0 aliphatic heterocycles. The van der Waals surface area contributed by atoms with Gasteiger partial charge in [-0.2, -0.15) is 0 Å². The third-order valence-corrected chi connectivity index (χ3v) is 6.06. The molecule has 0 aliphatic carbocycles. The molecule has 3 rings (SSSR count). The second kappa shape index (κ2) is 10.8. The Morgan fingerprint density at radius 3 is 2.56 bits per heavy atom. The Balaban J connectivity index is 1.56. The summed E-state index contributed by atoms with van der Waals surface area (Å²) in [6.45, 7) is 2.99. The summed E-state index contributed by atoms with van der Waals surface area (Å²) < 4.78 is 43.8. The van der Waals surface area contributed by atoms with Crippen LogP contribution in [0, 0.1) is 6.92 Å². The molecule has 0 bridgehead atoms. The molecule has 0 radical (unpaired) electrons. The Hall–Kier alpha value is -3.30. The second-order valence-corrected chi connectivity index (χ2v) is 8.73. The van der Waals surface area contributed by atoms with Crippen LogP contribution in [0.3, 0.4) is 0 Å². The monoisotopic (exact) mass is 458 g/mol. The van der Waals surface area contributed by atoms with Gasteiger partial charge in [0.25, 0.3) is 15.9 Å². The number of ether oxygens (including phenoxy) is 2. The number of sulfonamides is 1. The number of carbonyl (C=O) groups excluding carboxylic acids is 1. The van der Waals surface area contributed by atoms with E-state index in [1.807, 2.05) is 6.07 Å². The van der Waals surface area contributed by atoms with Crippen molar-refractivity contribution in [1.82, 2.24) is 5.32 Å². The average Bonchev–Trinajstić information content (AvgIpc) is 3.30. The maximum absolute atomic E-state index is 12.8. The Kier molecular flexibility index (Phi) is 7.91. The zero-order valence-electron chi connectivity index (χ0n) is 18.0. The molecule has 1 aromatic heterocycles. The van der Waals surface area contributed by atoms with E-state index in [0.29, 0.717) is 48.7 Å². The Bertz CT molecular complexity index is 1130. The first-order valence-corrected chi connectivity index (χ1v) is 11.5. The number of hydrogen-bond acceptors (Lipinski definition) is 6. The number of hydrogen-bond donors (Lipinski definition) is 2. The number of methoxy groups -OCH3 is 1. The number of rotatable bonds is 11. The maximum Gasteiger partial charge on any atom is 0.261 e. The Morgan fingerprint density at radius 1 is 1.09 bits per heavy atom. The van der Waals surface area contributed by atoms with Gasteiger partial charge in [-0.25, -0.2) is 8.42 Å². The zero-order valence-corrected chi connectivity index (χ0v) is 18.8. The number of furan rings is 1. The normalized spacial score (nSPS) is 11.2. The van der Waals surface area contributed by atoms with E-state index < -0.39 is 10.0 Å². The van der Waals surface area contributed by atoms with Crippen molar-refractivity contribution < 1.29 is 27.1 Å². The lowest BCUT2D eigenvalue weighted by molar-refractivity contribution is 0.0916. The van der Waals surface area contributed by atoms with Crippen LogP contribution in [0.5, 0.6) is 5.75 Å². The van der Waals surface area contributed by atoms with Gasteiger partial charge in [-0.1, -0.05) is 6.07 Å². The van der Waals surface area contributed by atoms with Crippen LogP contribution in [-0.2, 0) is 21.4 Å². The molecule has 0 aliphatic rings. The molecule has 2 N–H and O–H groups in total. The first-order valence-electron chi connectivity index (χ1n) is 10.0. The molecular formula is C23H26N2O6S. The number of anilines is 1. The summed E-state index contributed by atoms with van der Waals surface area (Å²) in [5.74, 6) is 1.02. The minimum atomic E-state index is -3.86. The standard InChI is InChI=1S/C23H26N2O6S/c1-17-6-11-21(32(27,28)25-18-7-9-19(29-2)10-8-18)15-22(17)23(26)24-12-4-13-30-16-20-5-3-14-31-20/h3,5-11,14-15,25H,4,12-13,16H2,1-2H3,(H,24,26). The average molecular weight is 459 g/mol. The van der Waals surface area contributed by atoms with Crippen molar-refractivity contribution in [2.24, 2.45) is 0 Å². The highest BCUT2D eigenvalue weighted by Crippen LogP contribution is 2.21. The predicted molar refractivity (Wildman–Crippen MR) is 120 cm³/mol. The lowest BCUT2D eigenvalue weighted by Gasteiger charge is -2.12. The van der Waals surface area contributed by atoms with Crippen LogP contribution in [0.2, 0.25) is 0 Å². The molecule has 0 saturated carbocycles. The molecule has 0 atom stereocenters. The Morgan fingerprint density at radius 2 is 1.88 bits per heavy atom. The van der Waals surface area contributed by atoms with Crippen LogP contribution < -0.4 is 14.8 Å². The zero-order chi connectivity index (χ0) is 23.0. The maximum atomic E-state index is 12.8. The van der Waals surface area contributed by atoms with Crippen LogP contribution in [-0.4, -0.2) is 34.6 Å². The van der Waals surface area contributed by atoms with Gasteiger partial charge in [0, 0.05) is 24.4 Å². The molecule has 1 heterocycles. The molecule has 3 aromatic rings.